The number of phenolic OH excluding ortho intramolecular Hbond substituents is 2. The highest BCUT2D eigenvalue weighted by atomic mass is 16.5. The van der Waals surface area contributed by atoms with Crippen molar-refractivity contribution >= 4 is 5.91 Å². The lowest BCUT2D eigenvalue weighted by atomic mass is 10.0. The number of carbonyl (C=O) groups is 1. The third kappa shape index (κ3) is 4.07. The Kier molecular flexibility index (Phi) is 5.45. The van der Waals surface area contributed by atoms with Crippen molar-refractivity contribution in [2.24, 2.45) is 0 Å². The predicted molar refractivity (Wildman–Crippen MR) is 107 cm³/mol. The Labute approximate surface area is 169 Å². The summed E-state index contributed by atoms with van der Waals surface area (Å²) in [4.78, 5) is 17.0. The van der Waals surface area contributed by atoms with Crippen LogP contribution in [0.2, 0.25) is 0 Å². The Bertz CT molecular complexity index is 922. The largest absolute Gasteiger partial charge is 0.507 e. The van der Waals surface area contributed by atoms with E-state index >= 15 is 0 Å². The maximum atomic E-state index is 13.0. The van der Waals surface area contributed by atoms with Gasteiger partial charge in [-0.3, -0.25) is 9.69 Å². The van der Waals surface area contributed by atoms with Crippen LogP contribution in [0.3, 0.4) is 0 Å². The van der Waals surface area contributed by atoms with Crippen molar-refractivity contribution in [2.75, 3.05) is 26.3 Å². The summed E-state index contributed by atoms with van der Waals surface area (Å²) in [5.74, 6) is -0.845. The van der Waals surface area contributed by atoms with Crippen LogP contribution in [0.5, 0.6) is 11.5 Å². The average molecular weight is 398 g/mol. The molecule has 2 aliphatic rings. The molecule has 0 aliphatic carbocycles. The fourth-order valence-corrected chi connectivity index (χ4v) is 3.98. The molecule has 1 amide bonds. The molecule has 2 aromatic carbocycles. The van der Waals surface area contributed by atoms with Gasteiger partial charge in [-0.2, -0.15) is 0 Å². The van der Waals surface area contributed by atoms with Crippen molar-refractivity contribution in [3.05, 3.63) is 58.1 Å². The number of fused-ring (bicyclic) bond motifs is 1. The van der Waals surface area contributed by atoms with Crippen LogP contribution in [0.1, 0.15) is 45.6 Å². The number of aliphatic hydroxyl groups is 1. The molecular weight excluding hydrogens is 372 g/mol. The highest BCUT2D eigenvalue weighted by molar-refractivity contribution is 5.97. The van der Waals surface area contributed by atoms with Gasteiger partial charge < -0.3 is 25.0 Å². The standard InChI is InChI=1S/C22H26N2O5/c1-14(25)18-9-19(21(27)10-20(18)26)22(28)24-12-16-3-2-15(8-17(16)13-24)11-23-4-6-29-7-5-23/h2-3,8-10,14,25-27H,4-7,11-13H2,1H3. The van der Waals surface area contributed by atoms with Crippen LogP contribution in [0.25, 0.3) is 0 Å². The van der Waals surface area contributed by atoms with Gasteiger partial charge in [0.05, 0.1) is 24.9 Å². The molecule has 0 aromatic heterocycles. The van der Waals surface area contributed by atoms with Gasteiger partial charge in [-0.05, 0) is 29.7 Å². The van der Waals surface area contributed by atoms with Gasteiger partial charge in [0.25, 0.3) is 5.91 Å². The van der Waals surface area contributed by atoms with E-state index in [2.05, 4.69) is 23.1 Å². The van der Waals surface area contributed by atoms with Crippen molar-refractivity contribution in [3.63, 3.8) is 0 Å². The smallest absolute Gasteiger partial charge is 0.258 e. The molecule has 0 spiro atoms. The number of morpholine rings is 1. The minimum absolute atomic E-state index is 0.0834. The number of aromatic hydroxyl groups is 2. The minimum Gasteiger partial charge on any atom is -0.507 e. The second-order valence-electron chi connectivity index (χ2n) is 7.76. The fourth-order valence-electron chi connectivity index (χ4n) is 3.98. The second kappa shape index (κ2) is 8.02. The maximum absolute atomic E-state index is 13.0. The van der Waals surface area contributed by atoms with E-state index in [1.165, 1.54) is 18.6 Å². The zero-order valence-corrected chi connectivity index (χ0v) is 16.5. The quantitative estimate of drug-likeness (QED) is 0.731. The lowest BCUT2D eigenvalue weighted by molar-refractivity contribution is 0.0342. The number of aliphatic hydroxyl groups excluding tert-OH is 1. The van der Waals surface area contributed by atoms with Crippen LogP contribution in [0.4, 0.5) is 0 Å². The lowest BCUT2D eigenvalue weighted by Crippen LogP contribution is -2.35. The van der Waals surface area contributed by atoms with Gasteiger partial charge in [-0.1, -0.05) is 18.2 Å². The van der Waals surface area contributed by atoms with Gasteiger partial charge in [0.15, 0.2) is 0 Å². The Morgan fingerprint density at radius 1 is 1.07 bits per heavy atom. The predicted octanol–water partition coefficient (Wildman–Crippen LogP) is 2.14. The number of carbonyl (C=O) groups excluding carboxylic acids is 1. The van der Waals surface area contributed by atoms with Crippen molar-refractivity contribution < 1.29 is 24.9 Å². The molecule has 1 unspecified atom stereocenters. The van der Waals surface area contributed by atoms with Crippen LogP contribution >= 0.6 is 0 Å². The molecule has 154 valence electrons. The lowest BCUT2D eigenvalue weighted by Gasteiger charge is -2.26. The summed E-state index contributed by atoms with van der Waals surface area (Å²) in [7, 11) is 0. The number of benzene rings is 2. The molecule has 7 nitrogen and oxygen atoms in total. The molecule has 0 bridgehead atoms. The highest BCUT2D eigenvalue weighted by Crippen LogP contribution is 2.34. The monoisotopic (exact) mass is 398 g/mol. The van der Waals surface area contributed by atoms with Gasteiger partial charge in [0, 0.05) is 44.4 Å². The van der Waals surface area contributed by atoms with E-state index in [1.807, 2.05) is 0 Å². The van der Waals surface area contributed by atoms with Crippen LogP contribution < -0.4 is 0 Å². The molecule has 1 fully saturated rings. The molecule has 1 atom stereocenters. The first-order chi connectivity index (χ1) is 13.9. The zero-order chi connectivity index (χ0) is 20.5. The topological polar surface area (TPSA) is 93.5 Å². The first kappa shape index (κ1) is 19.7. The summed E-state index contributed by atoms with van der Waals surface area (Å²) >= 11 is 0. The number of amides is 1. The Morgan fingerprint density at radius 2 is 1.79 bits per heavy atom. The van der Waals surface area contributed by atoms with Gasteiger partial charge in [0.2, 0.25) is 0 Å². The van der Waals surface area contributed by atoms with E-state index in [0.717, 1.165) is 50.0 Å². The maximum Gasteiger partial charge on any atom is 0.258 e. The fraction of sp³-hybridized carbons (Fsp3) is 0.409. The summed E-state index contributed by atoms with van der Waals surface area (Å²) in [6, 6.07) is 8.79. The van der Waals surface area contributed by atoms with Crippen molar-refractivity contribution in [3.8, 4) is 11.5 Å². The van der Waals surface area contributed by atoms with Crippen LogP contribution in [0, 0.1) is 0 Å². The molecule has 0 radical (unpaired) electrons. The summed E-state index contributed by atoms with van der Waals surface area (Å²) in [6.07, 6.45) is -0.944. The molecular formula is C22H26N2O5. The second-order valence-corrected chi connectivity index (χ2v) is 7.76. The summed E-state index contributed by atoms with van der Waals surface area (Å²) in [5, 5.41) is 29.8. The van der Waals surface area contributed by atoms with E-state index < -0.39 is 6.10 Å². The molecule has 29 heavy (non-hydrogen) atoms. The molecule has 1 saturated heterocycles. The minimum atomic E-state index is -0.944. The number of phenols is 2. The van der Waals surface area contributed by atoms with Crippen molar-refractivity contribution in [2.45, 2.75) is 32.7 Å². The van der Waals surface area contributed by atoms with Crippen LogP contribution in [-0.4, -0.2) is 57.3 Å². The van der Waals surface area contributed by atoms with Gasteiger partial charge in [-0.25, -0.2) is 0 Å². The molecule has 3 N–H and O–H groups in total. The van der Waals surface area contributed by atoms with Crippen LogP contribution in [0.15, 0.2) is 30.3 Å². The third-order valence-corrected chi connectivity index (χ3v) is 5.62. The highest BCUT2D eigenvalue weighted by Gasteiger charge is 2.27. The van der Waals surface area contributed by atoms with Crippen molar-refractivity contribution in [1.82, 2.24) is 9.80 Å². The number of nitrogens with zero attached hydrogens (tertiary/aromatic N) is 2. The average Bonchev–Trinajstić information content (AvgIpc) is 3.11. The Morgan fingerprint density at radius 3 is 2.52 bits per heavy atom. The third-order valence-electron chi connectivity index (χ3n) is 5.62. The Hall–Kier alpha value is -2.61. The normalized spacial score (nSPS) is 17.9. The van der Waals surface area contributed by atoms with E-state index in [0.29, 0.717) is 13.1 Å². The van der Waals surface area contributed by atoms with E-state index in [4.69, 9.17) is 4.74 Å². The first-order valence-corrected chi connectivity index (χ1v) is 9.86. The number of rotatable bonds is 4. The molecule has 4 rings (SSSR count). The SMILES string of the molecule is CC(O)c1cc(C(=O)N2Cc3ccc(CN4CCOCC4)cc3C2)c(O)cc1O. The van der Waals surface area contributed by atoms with Gasteiger partial charge >= 0.3 is 0 Å². The van der Waals surface area contributed by atoms with Gasteiger partial charge in [0.1, 0.15) is 11.5 Å². The Balaban J connectivity index is 1.50. The van der Waals surface area contributed by atoms with Crippen molar-refractivity contribution in [1.29, 1.82) is 0 Å². The van der Waals surface area contributed by atoms with Crippen LogP contribution in [-0.2, 0) is 24.4 Å². The summed E-state index contributed by atoms with van der Waals surface area (Å²) in [6.45, 7) is 6.67. The van der Waals surface area contributed by atoms with Gasteiger partial charge in [-0.15, -0.1) is 0 Å². The summed E-state index contributed by atoms with van der Waals surface area (Å²) in [5.41, 5.74) is 3.72. The first-order valence-electron chi connectivity index (χ1n) is 9.86. The van der Waals surface area contributed by atoms with E-state index in [-0.39, 0.29) is 28.5 Å². The molecule has 2 aromatic rings. The number of hydrogen-bond acceptors (Lipinski definition) is 6. The summed E-state index contributed by atoms with van der Waals surface area (Å²) < 4.78 is 5.40. The zero-order valence-electron chi connectivity index (χ0n) is 16.5. The molecule has 2 aliphatic heterocycles. The number of hydrogen-bond donors (Lipinski definition) is 3. The van der Waals surface area contributed by atoms with E-state index in [9.17, 15) is 20.1 Å². The molecule has 0 saturated carbocycles. The molecule has 7 heteroatoms. The number of ether oxygens (including phenoxy) is 1. The van der Waals surface area contributed by atoms with E-state index in [1.54, 1.807) is 4.90 Å². The molecule has 2 heterocycles.